The Hall–Kier alpha value is -2.63. The van der Waals surface area contributed by atoms with Gasteiger partial charge < -0.3 is 9.64 Å². The molecule has 0 saturated carbocycles. The van der Waals surface area contributed by atoms with Crippen LogP contribution in [0.25, 0.3) is 16.6 Å². The van der Waals surface area contributed by atoms with E-state index in [-0.39, 0.29) is 5.97 Å². The fourth-order valence-corrected chi connectivity index (χ4v) is 4.96. The maximum atomic E-state index is 11.9. The second-order valence-electron chi connectivity index (χ2n) is 7.72. The molecule has 4 rings (SSSR count). The minimum atomic E-state index is -0.299. The van der Waals surface area contributed by atoms with E-state index in [1.165, 1.54) is 12.0 Å². The molecule has 0 N–H and O–H groups in total. The van der Waals surface area contributed by atoms with E-state index >= 15 is 0 Å². The van der Waals surface area contributed by atoms with Crippen LogP contribution in [0.4, 0.5) is 5.69 Å². The number of halogens is 1. The molecule has 1 aliphatic rings. The number of ether oxygens (including phenoxy) is 1. The highest BCUT2D eigenvalue weighted by atomic mass is 35.5. The number of nitrogens with zero attached hydrogens (tertiary/aromatic N) is 2. The first-order valence-corrected chi connectivity index (χ1v) is 11.6. The number of aromatic nitrogens is 1. The molecule has 2 heterocycles. The molecule has 6 heteroatoms. The number of hydrogen-bond acceptors (Lipinski definition) is 5. The van der Waals surface area contributed by atoms with Crippen LogP contribution >= 0.6 is 22.9 Å². The Morgan fingerprint density at radius 1 is 1.26 bits per heavy atom. The van der Waals surface area contributed by atoms with Crippen LogP contribution in [0, 0.1) is 12.8 Å². The third-order valence-electron chi connectivity index (χ3n) is 5.53. The van der Waals surface area contributed by atoms with Gasteiger partial charge in [-0.15, -0.1) is 11.3 Å². The van der Waals surface area contributed by atoms with E-state index in [4.69, 9.17) is 21.3 Å². The number of carbonyl (C=O) groups excluding carboxylic acids is 1. The van der Waals surface area contributed by atoms with Crippen LogP contribution in [-0.2, 0) is 4.74 Å². The topological polar surface area (TPSA) is 42.4 Å². The predicted octanol–water partition coefficient (Wildman–Crippen LogP) is 6.49. The Labute approximate surface area is 192 Å². The Balaban J connectivity index is 1.46. The minimum Gasteiger partial charge on any atom is -0.465 e. The monoisotopic (exact) mass is 452 g/mol. The number of hydrogen-bond donors (Lipinski definition) is 0. The molecule has 1 unspecified atom stereocenters. The molecule has 4 nitrogen and oxygen atoms in total. The van der Waals surface area contributed by atoms with Gasteiger partial charge in [-0.3, -0.25) is 0 Å². The molecular formula is C25H25ClN2O2S. The number of esters is 1. The number of aryl methyl sites for hydroxylation is 1. The van der Waals surface area contributed by atoms with Crippen LogP contribution in [0.3, 0.4) is 0 Å². The van der Waals surface area contributed by atoms with E-state index in [2.05, 4.69) is 30.0 Å². The fraction of sp³-hybridized carbons (Fsp3) is 0.280. The molecule has 1 aliphatic heterocycles. The number of methoxy groups -OCH3 is 1. The van der Waals surface area contributed by atoms with E-state index in [0.717, 1.165) is 52.9 Å². The summed E-state index contributed by atoms with van der Waals surface area (Å²) in [5, 5.41) is 1.75. The molecule has 0 bridgehead atoms. The van der Waals surface area contributed by atoms with Crippen molar-refractivity contribution in [2.45, 2.75) is 19.8 Å². The summed E-state index contributed by atoms with van der Waals surface area (Å²) in [4.78, 5) is 20.1. The Morgan fingerprint density at radius 2 is 2.06 bits per heavy atom. The number of rotatable bonds is 5. The lowest BCUT2D eigenvalue weighted by molar-refractivity contribution is 0.0601. The molecule has 3 aromatic rings. The van der Waals surface area contributed by atoms with Gasteiger partial charge in [0.15, 0.2) is 0 Å². The smallest absolute Gasteiger partial charge is 0.337 e. The largest absolute Gasteiger partial charge is 0.465 e. The third-order valence-corrected chi connectivity index (χ3v) is 6.96. The van der Waals surface area contributed by atoms with Crippen LogP contribution in [0.1, 0.15) is 33.8 Å². The summed E-state index contributed by atoms with van der Waals surface area (Å²) in [7, 11) is 1.41. The number of anilines is 1. The summed E-state index contributed by atoms with van der Waals surface area (Å²) in [6.07, 6.45) is 6.80. The molecule has 1 saturated heterocycles. The quantitative estimate of drug-likeness (QED) is 0.415. The summed E-state index contributed by atoms with van der Waals surface area (Å²) in [5.41, 5.74) is 3.80. The average Bonchev–Trinajstić information content (AvgIpc) is 3.18. The molecule has 0 amide bonds. The van der Waals surface area contributed by atoms with Gasteiger partial charge in [-0.05, 0) is 62.1 Å². The van der Waals surface area contributed by atoms with Gasteiger partial charge in [0.1, 0.15) is 5.01 Å². The first-order chi connectivity index (χ1) is 15.0. The van der Waals surface area contributed by atoms with E-state index in [1.54, 1.807) is 17.4 Å². The number of benzene rings is 2. The second-order valence-corrected chi connectivity index (χ2v) is 9.19. The van der Waals surface area contributed by atoms with Gasteiger partial charge >= 0.3 is 5.97 Å². The highest BCUT2D eigenvalue weighted by Gasteiger charge is 2.19. The molecule has 31 heavy (non-hydrogen) atoms. The Bertz CT molecular complexity index is 1090. The van der Waals surface area contributed by atoms with E-state index < -0.39 is 0 Å². The van der Waals surface area contributed by atoms with Crippen LogP contribution in [-0.4, -0.2) is 31.2 Å². The molecule has 1 aromatic heterocycles. The SMILES string of the molecule is COC(=O)c1cccc(N2CCCC(C=Cc3sc(-c4ccc(Cl)cc4)nc3C)C2)c1. The van der Waals surface area contributed by atoms with Gasteiger partial charge in [0, 0.05) is 29.4 Å². The molecule has 0 aliphatic carbocycles. The highest BCUT2D eigenvalue weighted by molar-refractivity contribution is 7.16. The third kappa shape index (κ3) is 5.17. The predicted molar refractivity (Wildman–Crippen MR) is 129 cm³/mol. The van der Waals surface area contributed by atoms with Gasteiger partial charge in [0.05, 0.1) is 23.2 Å². The molecule has 0 spiro atoms. The molecule has 2 aromatic carbocycles. The van der Waals surface area contributed by atoms with Crippen LogP contribution in [0.15, 0.2) is 54.6 Å². The first-order valence-electron chi connectivity index (χ1n) is 10.4. The lowest BCUT2D eigenvalue weighted by Gasteiger charge is -2.33. The summed E-state index contributed by atoms with van der Waals surface area (Å²) in [6, 6.07) is 15.5. The van der Waals surface area contributed by atoms with Crippen molar-refractivity contribution in [3.63, 3.8) is 0 Å². The van der Waals surface area contributed by atoms with Gasteiger partial charge in [-0.25, -0.2) is 9.78 Å². The van der Waals surface area contributed by atoms with Crippen LogP contribution in [0.5, 0.6) is 0 Å². The van der Waals surface area contributed by atoms with Gasteiger partial charge in [0.25, 0.3) is 0 Å². The fourth-order valence-electron chi connectivity index (χ4n) is 3.85. The van der Waals surface area contributed by atoms with Crippen LogP contribution in [0.2, 0.25) is 5.02 Å². The summed E-state index contributed by atoms with van der Waals surface area (Å²) >= 11 is 7.71. The number of carbonyl (C=O) groups is 1. The normalized spacial score (nSPS) is 16.6. The van der Waals surface area contributed by atoms with Crippen LogP contribution < -0.4 is 4.90 Å². The summed E-state index contributed by atoms with van der Waals surface area (Å²) < 4.78 is 4.86. The zero-order valence-corrected chi connectivity index (χ0v) is 19.2. The Kier molecular flexibility index (Phi) is 6.73. The second kappa shape index (κ2) is 9.67. The molecule has 0 radical (unpaired) electrons. The van der Waals surface area contributed by atoms with E-state index in [1.807, 2.05) is 36.4 Å². The van der Waals surface area contributed by atoms with Crippen molar-refractivity contribution in [2.75, 3.05) is 25.1 Å². The van der Waals surface area contributed by atoms with Gasteiger partial charge in [-0.1, -0.05) is 35.9 Å². The van der Waals surface area contributed by atoms with Gasteiger partial charge in [0.2, 0.25) is 0 Å². The van der Waals surface area contributed by atoms with Gasteiger partial charge in [-0.2, -0.15) is 0 Å². The van der Waals surface area contributed by atoms with Crippen molar-refractivity contribution in [3.05, 3.63) is 75.8 Å². The van der Waals surface area contributed by atoms with E-state index in [0.29, 0.717) is 11.5 Å². The zero-order chi connectivity index (χ0) is 21.8. The summed E-state index contributed by atoms with van der Waals surface area (Å²) in [5.74, 6) is 0.156. The van der Waals surface area contributed by atoms with Crippen molar-refractivity contribution in [1.29, 1.82) is 0 Å². The van der Waals surface area contributed by atoms with E-state index in [9.17, 15) is 4.79 Å². The van der Waals surface area contributed by atoms with Crippen molar-refractivity contribution >= 4 is 40.7 Å². The zero-order valence-electron chi connectivity index (χ0n) is 17.7. The Morgan fingerprint density at radius 3 is 2.84 bits per heavy atom. The number of thiazole rings is 1. The standard InChI is InChI=1S/C25H25ClN2O2S/c1-17-23(31-24(27-17)19-9-11-21(26)12-10-19)13-8-18-5-4-14-28(16-18)22-7-3-6-20(15-22)25(29)30-2/h3,6-13,15,18H,4-5,14,16H2,1-2H3. The summed E-state index contributed by atoms with van der Waals surface area (Å²) in [6.45, 7) is 3.99. The molecular weight excluding hydrogens is 428 g/mol. The maximum absolute atomic E-state index is 11.9. The lowest BCUT2D eigenvalue weighted by Crippen LogP contribution is -2.34. The minimum absolute atomic E-state index is 0.299. The maximum Gasteiger partial charge on any atom is 0.337 e. The van der Waals surface area contributed by atoms with Crippen molar-refractivity contribution < 1.29 is 9.53 Å². The highest BCUT2D eigenvalue weighted by Crippen LogP contribution is 2.31. The lowest BCUT2D eigenvalue weighted by atomic mass is 9.96. The van der Waals surface area contributed by atoms with Crippen molar-refractivity contribution in [3.8, 4) is 10.6 Å². The molecule has 160 valence electrons. The first kappa shape index (κ1) is 21.6. The molecule has 1 fully saturated rings. The number of piperidine rings is 1. The van der Waals surface area contributed by atoms with Crippen molar-refractivity contribution in [1.82, 2.24) is 4.98 Å². The molecule has 1 atom stereocenters. The average molecular weight is 453 g/mol. The van der Waals surface area contributed by atoms with Crippen molar-refractivity contribution in [2.24, 2.45) is 5.92 Å².